The molecule has 0 spiro atoms. The molecule has 0 aliphatic rings. The van der Waals surface area contributed by atoms with Gasteiger partial charge >= 0.3 is 0 Å². The largest absolute Gasteiger partial charge is 0.469 e. The van der Waals surface area contributed by atoms with Crippen LogP contribution in [0.5, 0.6) is 0 Å². The first kappa shape index (κ1) is 14.6. The van der Waals surface area contributed by atoms with Gasteiger partial charge in [0.15, 0.2) is 5.84 Å². The van der Waals surface area contributed by atoms with Gasteiger partial charge in [0.1, 0.15) is 11.8 Å². The molecule has 1 aromatic carbocycles. The Labute approximate surface area is 122 Å². The number of carbonyl (C=O) groups is 1. The van der Waals surface area contributed by atoms with E-state index in [4.69, 9.17) is 15.4 Å². The van der Waals surface area contributed by atoms with Crippen LogP contribution in [-0.2, 0) is 11.2 Å². The van der Waals surface area contributed by atoms with E-state index in [-0.39, 0.29) is 18.2 Å². The third-order valence-electron chi connectivity index (χ3n) is 3.03. The van der Waals surface area contributed by atoms with E-state index in [0.29, 0.717) is 6.42 Å². The van der Waals surface area contributed by atoms with Crippen molar-refractivity contribution in [2.75, 3.05) is 0 Å². The van der Waals surface area contributed by atoms with E-state index in [1.807, 2.05) is 24.3 Å². The maximum atomic E-state index is 12.0. The Kier molecular flexibility index (Phi) is 4.98. The van der Waals surface area contributed by atoms with Crippen LogP contribution in [0.4, 0.5) is 0 Å². The molecule has 1 amide bonds. The topological polar surface area (TPSA) is 101 Å². The number of hydrogen-bond donors (Lipinski definition) is 3. The normalized spacial score (nSPS) is 12.9. The maximum Gasteiger partial charge on any atom is 0.221 e. The van der Waals surface area contributed by atoms with E-state index in [1.165, 1.54) is 0 Å². The van der Waals surface area contributed by atoms with Gasteiger partial charge in [-0.05, 0) is 17.7 Å². The average Bonchev–Trinajstić information content (AvgIpc) is 3.04. The molecule has 0 saturated carbocycles. The summed E-state index contributed by atoms with van der Waals surface area (Å²) in [7, 11) is 0. The van der Waals surface area contributed by atoms with Crippen LogP contribution in [0, 0.1) is 0 Å². The van der Waals surface area contributed by atoms with E-state index < -0.39 is 6.04 Å². The van der Waals surface area contributed by atoms with Crippen molar-refractivity contribution >= 4 is 11.7 Å². The van der Waals surface area contributed by atoms with E-state index >= 15 is 0 Å². The van der Waals surface area contributed by atoms with Crippen LogP contribution >= 0.6 is 0 Å². The minimum Gasteiger partial charge on any atom is -0.469 e. The molecule has 4 N–H and O–H groups in total. The highest BCUT2D eigenvalue weighted by molar-refractivity contribution is 5.90. The fraction of sp³-hybridized carbons (Fsp3) is 0.200. The summed E-state index contributed by atoms with van der Waals surface area (Å²) < 4.78 is 5.17. The number of hydrogen-bond acceptors (Lipinski definition) is 4. The van der Waals surface area contributed by atoms with E-state index in [1.54, 1.807) is 24.5 Å². The Hall–Kier alpha value is -2.76. The monoisotopic (exact) mass is 287 g/mol. The second-order valence-corrected chi connectivity index (χ2v) is 4.52. The van der Waals surface area contributed by atoms with Crippen LogP contribution in [0.2, 0.25) is 0 Å². The molecule has 1 aromatic heterocycles. The molecule has 110 valence electrons. The summed E-state index contributed by atoms with van der Waals surface area (Å²) in [6, 6.07) is 12.0. The molecule has 1 atom stereocenters. The van der Waals surface area contributed by atoms with Gasteiger partial charge in [0.25, 0.3) is 0 Å². The number of carbonyl (C=O) groups excluding carboxylic acids is 1. The van der Waals surface area contributed by atoms with Gasteiger partial charge in [-0.3, -0.25) is 4.79 Å². The Bertz CT molecular complexity index is 594. The van der Waals surface area contributed by atoms with Gasteiger partial charge in [0.05, 0.1) is 6.26 Å². The number of oxime groups is 1. The molecular weight excluding hydrogens is 270 g/mol. The molecule has 0 aliphatic carbocycles. The van der Waals surface area contributed by atoms with Gasteiger partial charge in [-0.1, -0.05) is 35.5 Å². The van der Waals surface area contributed by atoms with Gasteiger partial charge in [-0.2, -0.15) is 0 Å². The fourth-order valence-corrected chi connectivity index (χ4v) is 1.96. The molecule has 0 bridgehead atoms. The third kappa shape index (κ3) is 4.10. The minimum absolute atomic E-state index is 0.0625. The highest BCUT2D eigenvalue weighted by Crippen LogP contribution is 2.13. The maximum absolute atomic E-state index is 12.0. The lowest BCUT2D eigenvalue weighted by molar-refractivity contribution is -0.121. The first-order valence-electron chi connectivity index (χ1n) is 6.55. The number of amides is 1. The molecule has 1 heterocycles. The van der Waals surface area contributed by atoms with Crippen molar-refractivity contribution in [3.05, 3.63) is 60.1 Å². The SMILES string of the molecule is N/C(=N/O)C(NC(=O)CCc1ccco1)c1ccccc1. The molecule has 0 radical (unpaired) electrons. The van der Waals surface area contributed by atoms with Crippen molar-refractivity contribution in [3.8, 4) is 0 Å². The van der Waals surface area contributed by atoms with Crippen LogP contribution in [0.25, 0.3) is 0 Å². The van der Waals surface area contributed by atoms with Gasteiger partial charge in [-0.15, -0.1) is 0 Å². The zero-order valence-electron chi connectivity index (χ0n) is 11.4. The molecule has 6 heteroatoms. The van der Waals surface area contributed by atoms with Crippen LogP contribution in [-0.4, -0.2) is 17.0 Å². The predicted molar refractivity (Wildman–Crippen MR) is 77.8 cm³/mol. The number of benzene rings is 1. The van der Waals surface area contributed by atoms with Crippen LogP contribution in [0.3, 0.4) is 0 Å². The van der Waals surface area contributed by atoms with Gasteiger partial charge in [0, 0.05) is 12.8 Å². The molecule has 2 aromatic rings. The second kappa shape index (κ2) is 7.14. The van der Waals surface area contributed by atoms with Gasteiger partial charge < -0.3 is 20.7 Å². The summed E-state index contributed by atoms with van der Waals surface area (Å²) in [6.45, 7) is 0. The number of aryl methyl sites for hydroxylation is 1. The third-order valence-corrected chi connectivity index (χ3v) is 3.03. The van der Waals surface area contributed by atoms with Crippen LogP contribution in [0.1, 0.15) is 23.8 Å². The smallest absolute Gasteiger partial charge is 0.221 e. The molecular formula is C15H17N3O3. The summed E-state index contributed by atoms with van der Waals surface area (Å²) in [5.74, 6) is 0.476. The van der Waals surface area contributed by atoms with E-state index in [2.05, 4.69) is 10.5 Å². The molecule has 2 rings (SSSR count). The fourth-order valence-electron chi connectivity index (χ4n) is 1.96. The molecule has 21 heavy (non-hydrogen) atoms. The standard InChI is InChI=1S/C15H17N3O3/c16-15(18-20)14(11-5-2-1-3-6-11)17-13(19)9-8-12-7-4-10-21-12/h1-7,10,14,20H,8-9H2,(H2,16,18)(H,17,19). The first-order valence-corrected chi connectivity index (χ1v) is 6.55. The summed E-state index contributed by atoms with van der Waals surface area (Å²) in [5, 5.41) is 14.6. The van der Waals surface area contributed by atoms with Crippen LogP contribution < -0.4 is 11.1 Å². The lowest BCUT2D eigenvalue weighted by Gasteiger charge is -2.17. The van der Waals surface area contributed by atoms with Crippen molar-refractivity contribution in [2.45, 2.75) is 18.9 Å². The van der Waals surface area contributed by atoms with Gasteiger partial charge in [0.2, 0.25) is 5.91 Å². The Morgan fingerprint density at radius 1 is 1.29 bits per heavy atom. The molecule has 0 saturated heterocycles. The van der Waals surface area contributed by atoms with Crippen molar-refractivity contribution in [1.29, 1.82) is 0 Å². The summed E-state index contributed by atoms with van der Waals surface area (Å²) >= 11 is 0. The number of nitrogens with one attached hydrogen (secondary N) is 1. The Balaban J connectivity index is 2.00. The number of furan rings is 1. The highest BCUT2D eigenvalue weighted by atomic mass is 16.4. The van der Waals surface area contributed by atoms with Crippen molar-refractivity contribution in [2.24, 2.45) is 10.9 Å². The van der Waals surface area contributed by atoms with Gasteiger partial charge in [-0.25, -0.2) is 0 Å². The number of amidine groups is 1. The first-order chi connectivity index (χ1) is 10.2. The summed E-state index contributed by atoms with van der Waals surface area (Å²) in [5.41, 5.74) is 6.40. The zero-order valence-corrected chi connectivity index (χ0v) is 11.4. The molecule has 1 unspecified atom stereocenters. The zero-order chi connectivity index (χ0) is 15.1. The lowest BCUT2D eigenvalue weighted by Crippen LogP contribution is -2.37. The Morgan fingerprint density at radius 3 is 2.67 bits per heavy atom. The highest BCUT2D eigenvalue weighted by Gasteiger charge is 2.19. The molecule has 6 nitrogen and oxygen atoms in total. The van der Waals surface area contributed by atoms with Crippen molar-refractivity contribution < 1.29 is 14.4 Å². The second-order valence-electron chi connectivity index (χ2n) is 4.52. The number of nitrogens with zero attached hydrogens (tertiary/aromatic N) is 1. The van der Waals surface area contributed by atoms with Crippen molar-refractivity contribution in [3.63, 3.8) is 0 Å². The van der Waals surface area contributed by atoms with E-state index in [9.17, 15) is 4.79 Å². The predicted octanol–water partition coefficient (Wildman–Crippen LogP) is 1.82. The number of rotatable bonds is 6. The minimum atomic E-state index is -0.652. The summed E-state index contributed by atoms with van der Waals surface area (Å²) in [6.07, 6.45) is 2.32. The molecule has 0 aliphatic heterocycles. The van der Waals surface area contributed by atoms with Crippen molar-refractivity contribution in [1.82, 2.24) is 5.32 Å². The van der Waals surface area contributed by atoms with E-state index in [0.717, 1.165) is 11.3 Å². The lowest BCUT2D eigenvalue weighted by atomic mass is 10.1. The molecule has 0 fully saturated rings. The Morgan fingerprint density at radius 2 is 2.05 bits per heavy atom. The number of nitrogens with two attached hydrogens (primary N) is 1. The summed E-state index contributed by atoms with van der Waals surface area (Å²) in [4.78, 5) is 12.0. The van der Waals surface area contributed by atoms with Crippen LogP contribution in [0.15, 0.2) is 58.3 Å². The quantitative estimate of drug-likeness (QED) is 0.326. The average molecular weight is 287 g/mol.